The fourth-order valence-corrected chi connectivity index (χ4v) is 8.40. The van der Waals surface area contributed by atoms with Gasteiger partial charge in [-0.15, -0.1) is 5.92 Å². The minimum atomic E-state index is -0.986. The van der Waals surface area contributed by atoms with Gasteiger partial charge in [0.1, 0.15) is 5.60 Å². The first kappa shape index (κ1) is 26.8. The maximum atomic E-state index is 13.2. The number of hydrogen-bond acceptors (Lipinski definition) is 3. The summed E-state index contributed by atoms with van der Waals surface area (Å²) in [6.45, 7) is 6.09. The van der Waals surface area contributed by atoms with E-state index < -0.39 is 5.60 Å². The first-order valence-electron chi connectivity index (χ1n) is 14.7. The highest BCUT2D eigenvalue weighted by molar-refractivity contribution is 6.05. The smallest absolute Gasteiger partial charge is 0.258 e. The molecule has 6 rings (SSSR count). The van der Waals surface area contributed by atoms with Crippen LogP contribution in [0.25, 0.3) is 0 Å². The molecule has 0 aliphatic heterocycles. The molecule has 0 aromatic heterocycles. The molecule has 0 radical (unpaired) electrons. The molecule has 0 spiro atoms. The Morgan fingerprint density at radius 1 is 1.07 bits per heavy atom. The van der Waals surface area contributed by atoms with Crippen LogP contribution in [0.15, 0.2) is 71.3 Å². The molecule has 206 valence electrons. The van der Waals surface area contributed by atoms with Crippen LogP contribution in [0.5, 0.6) is 0 Å². The van der Waals surface area contributed by atoms with Crippen LogP contribution in [0, 0.1) is 36.0 Å². The molecule has 2 fully saturated rings. The minimum Gasteiger partial charge on any atom is -0.377 e. The number of hydrogen-bond donors (Lipinski definition) is 1. The summed E-state index contributed by atoms with van der Waals surface area (Å²) in [5.74, 6) is 7.41. The van der Waals surface area contributed by atoms with E-state index in [9.17, 15) is 14.7 Å². The Hall–Kier alpha value is -3.42. The lowest BCUT2D eigenvalue weighted by Crippen LogP contribution is -2.51. The first-order chi connectivity index (χ1) is 19.1. The topological polar surface area (TPSA) is 57.6 Å². The standard InChI is InChI=1S/C36H39NO3/c1-5-18-36(40)19-17-32-30-15-11-25-21-28(38)14-16-29(25)33(30)31(22-35(32,36)3)24-9-12-27(13-10-24)37(4)34(39)26-8-6-7-23(2)20-26/h6-10,12-13,20-21,30-32,40H,11,14-17,19,22H2,1-4H3/t30-,31+,32-,35-,36-/m0/s1. The van der Waals surface area contributed by atoms with Crippen LogP contribution in [0.4, 0.5) is 5.69 Å². The van der Waals surface area contributed by atoms with E-state index in [1.54, 1.807) is 4.90 Å². The van der Waals surface area contributed by atoms with Gasteiger partial charge < -0.3 is 10.0 Å². The number of carbonyl (C=O) groups is 2. The van der Waals surface area contributed by atoms with Crippen molar-refractivity contribution in [3.8, 4) is 11.8 Å². The number of aliphatic hydroxyl groups is 1. The number of rotatable bonds is 3. The summed E-state index contributed by atoms with van der Waals surface area (Å²) in [6, 6.07) is 16.1. The van der Waals surface area contributed by atoms with Crippen molar-refractivity contribution >= 4 is 17.4 Å². The molecule has 5 atom stereocenters. The average Bonchev–Trinajstić information content (AvgIpc) is 3.21. The number of benzene rings is 2. The van der Waals surface area contributed by atoms with E-state index in [4.69, 9.17) is 0 Å². The Labute approximate surface area is 238 Å². The minimum absolute atomic E-state index is 0.0300. The van der Waals surface area contributed by atoms with E-state index in [0.29, 0.717) is 30.2 Å². The third kappa shape index (κ3) is 4.18. The lowest BCUT2D eigenvalue weighted by Gasteiger charge is -2.53. The van der Waals surface area contributed by atoms with Crippen molar-refractivity contribution in [3.63, 3.8) is 0 Å². The second kappa shape index (κ2) is 9.89. The molecule has 2 aromatic carbocycles. The molecule has 2 saturated carbocycles. The second-order valence-electron chi connectivity index (χ2n) is 12.6. The summed E-state index contributed by atoms with van der Waals surface area (Å²) in [5.41, 5.74) is 6.64. The number of carbonyl (C=O) groups excluding carboxylic acids is 2. The van der Waals surface area contributed by atoms with Crippen molar-refractivity contribution in [3.05, 3.63) is 88.0 Å². The van der Waals surface area contributed by atoms with Gasteiger partial charge in [-0.3, -0.25) is 9.59 Å². The monoisotopic (exact) mass is 533 g/mol. The van der Waals surface area contributed by atoms with Gasteiger partial charge in [-0.25, -0.2) is 0 Å². The maximum Gasteiger partial charge on any atom is 0.258 e. The van der Waals surface area contributed by atoms with Crippen molar-refractivity contribution in [2.45, 2.75) is 77.2 Å². The number of amides is 1. The van der Waals surface area contributed by atoms with Gasteiger partial charge in [0.25, 0.3) is 5.91 Å². The third-order valence-corrected chi connectivity index (χ3v) is 10.5. The van der Waals surface area contributed by atoms with E-state index in [2.05, 4.69) is 30.9 Å². The van der Waals surface area contributed by atoms with Crippen LogP contribution >= 0.6 is 0 Å². The third-order valence-electron chi connectivity index (χ3n) is 10.5. The summed E-state index contributed by atoms with van der Waals surface area (Å²) in [6.07, 6.45) is 7.80. The lowest BCUT2D eigenvalue weighted by molar-refractivity contribution is -0.114. The molecular weight excluding hydrogens is 494 g/mol. The highest BCUT2D eigenvalue weighted by atomic mass is 16.3. The van der Waals surface area contributed by atoms with Crippen LogP contribution in [0.3, 0.4) is 0 Å². The summed E-state index contributed by atoms with van der Waals surface area (Å²) < 4.78 is 0. The van der Waals surface area contributed by atoms with Crippen LogP contribution in [-0.2, 0) is 4.79 Å². The molecule has 2 aromatic rings. The van der Waals surface area contributed by atoms with Crippen molar-refractivity contribution < 1.29 is 14.7 Å². The molecule has 0 unspecified atom stereocenters. The zero-order valence-corrected chi connectivity index (χ0v) is 24.1. The van der Waals surface area contributed by atoms with Gasteiger partial charge in [-0.1, -0.05) is 48.2 Å². The number of anilines is 1. The van der Waals surface area contributed by atoms with Crippen LogP contribution < -0.4 is 4.90 Å². The average molecular weight is 534 g/mol. The molecule has 40 heavy (non-hydrogen) atoms. The number of nitrogens with zero attached hydrogens (tertiary/aromatic N) is 1. The van der Waals surface area contributed by atoms with Gasteiger partial charge in [0.2, 0.25) is 0 Å². The van der Waals surface area contributed by atoms with E-state index >= 15 is 0 Å². The highest BCUT2D eigenvalue weighted by Crippen LogP contribution is 2.66. The fraction of sp³-hybridized carbons (Fsp3) is 0.444. The van der Waals surface area contributed by atoms with Crippen molar-refractivity contribution in [2.75, 3.05) is 11.9 Å². The molecule has 0 bridgehead atoms. The molecule has 0 saturated heterocycles. The van der Waals surface area contributed by atoms with Crippen LogP contribution in [0.2, 0.25) is 0 Å². The predicted octanol–water partition coefficient (Wildman–Crippen LogP) is 6.93. The molecule has 4 heteroatoms. The van der Waals surface area contributed by atoms with E-state index in [0.717, 1.165) is 43.4 Å². The van der Waals surface area contributed by atoms with Gasteiger partial charge in [-0.05, 0) is 111 Å². The predicted molar refractivity (Wildman–Crippen MR) is 159 cm³/mol. The van der Waals surface area contributed by atoms with E-state index in [-0.39, 0.29) is 23.0 Å². The normalized spacial score (nSPS) is 30.9. The highest BCUT2D eigenvalue weighted by Gasteiger charge is 2.62. The Bertz CT molecular complexity index is 1500. The number of aryl methyl sites for hydroxylation is 1. The van der Waals surface area contributed by atoms with Crippen LogP contribution in [0.1, 0.15) is 86.2 Å². The molecular formula is C36H39NO3. The fourth-order valence-electron chi connectivity index (χ4n) is 8.40. The summed E-state index contributed by atoms with van der Waals surface area (Å²) in [4.78, 5) is 27.2. The Morgan fingerprint density at radius 3 is 2.58 bits per heavy atom. The SMILES string of the molecule is CC#C[C@]1(O)CC[C@H]2[C@@H]3CCC4=CC(=O)CCC4=C3[C@@H](c3ccc(N(C)C(=O)c4cccc(C)c4)cc3)C[C@@]21C. The number of ketones is 1. The quantitative estimate of drug-likeness (QED) is 0.436. The zero-order valence-electron chi connectivity index (χ0n) is 24.1. The molecule has 4 aliphatic carbocycles. The summed E-state index contributed by atoms with van der Waals surface area (Å²) >= 11 is 0. The zero-order chi connectivity index (χ0) is 28.2. The molecule has 0 heterocycles. The molecule has 4 nitrogen and oxygen atoms in total. The largest absolute Gasteiger partial charge is 0.377 e. The van der Waals surface area contributed by atoms with Crippen LogP contribution in [-0.4, -0.2) is 29.4 Å². The van der Waals surface area contributed by atoms with Gasteiger partial charge >= 0.3 is 0 Å². The van der Waals surface area contributed by atoms with Gasteiger partial charge in [0.05, 0.1) is 0 Å². The van der Waals surface area contributed by atoms with Gasteiger partial charge in [-0.2, -0.15) is 0 Å². The first-order valence-corrected chi connectivity index (χ1v) is 14.7. The van der Waals surface area contributed by atoms with Crippen molar-refractivity contribution in [1.82, 2.24) is 0 Å². The van der Waals surface area contributed by atoms with Gasteiger partial charge in [0.15, 0.2) is 5.78 Å². The van der Waals surface area contributed by atoms with E-state index in [1.165, 1.54) is 22.3 Å². The Kier molecular flexibility index (Phi) is 6.62. The van der Waals surface area contributed by atoms with Crippen molar-refractivity contribution in [2.24, 2.45) is 17.3 Å². The summed E-state index contributed by atoms with van der Waals surface area (Å²) in [5, 5.41) is 11.9. The lowest BCUT2D eigenvalue weighted by atomic mass is 9.51. The second-order valence-corrected chi connectivity index (χ2v) is 12.6. The van der Waals surface area contributed by atoms with Crippen molar-refractivity contribution in [1.29, 1.82) is 0 Å². The molecule has 1 N–H and O–H groups in total. The van der Waals surface area contributed by atoms with Gasteiger partial charge in [0, 0.05) is 36.1 Å². The molecule has 4 aliphatic rings. The Balaban J connectivity index is 1.40. The summed E-state index contributed by atoms with van der Waals surface area (Å²) in [7, 11) is 1.83. The maximum absolute atomic E-state index is 13.2. The number of allylic oxidation sites excluding steroid dienone is 4. The van der Waals surface area contributed by atoms with E-state index in [1.807, 2.05) is 63.4 Å². The number of fused-ring (bicyclic) bond motifs is 4. The molecule has 1 amide bonds. The Morgan fingerprint density at radius 2 is 1.85 bits per heavy atom.